The van der Waals surface area contributed by atoms with Gasteiger partial charge < -0.3 is 11.1 Å². The minimum atomic E-state index is -4.02. The number of nitrogens with two attached hydrogens (primary N) is 1. The van der Waals surface area contributed by atoms with Gasteiger partial charge in [0.1, 0.15) is 35.4 Å². The molecule has 1 aliphatic carbocycles. The second kappa shape index (κ2) is 11.3. The first-order chi connectivity index (χ1) is 20.2. The molecule has 5 rings (SSSR count). The standard InChI is InChI=1S/C28H22F8N6O/c29-16-8-14(9-17(30)11-16)10-19(23-18(2-1-7-38-23)15-3-4-20(37)39-12-15)40-21(43)13-42-25-22(24(41-42)26(31)32)27(33,34)5-6-28(25,35)36/h1-4,7-9,11-12,19,26H,5-6,10,13H2,(H2,37,39)(H,40,43). The molecule has 3 aromatic heterocycles. The molecule has 4 aromatic rings. The van der Waals surface area contributed by atoms with Crippen molar-refractivity contribution < 1.29 is 39.9 Å². The van der Waals surface area contributed by atoms with E-state index >= 15 is 0 Å². The van der Waals surface area contributed by atoms with Gasteiger partial charge in [0.25, 0.3) is 18.3 Å². The van der Waals surface area contributed by atoms with Gasteiger partial charge in [-0.1, -0.05) is 6.07 Å². The summed E-state index contributed by atoms with van der Waals surface area (Å²) >= 11 is 0. The lowest BCUT2D eigenvalue weighted by atomic mass is 9.89. The van der Waals surface area contributed by atoms with Crippen molar-refractivity contribution in [3.05, 3.63) is 94.7 Å². The molecule has 15 heteroatoms. The summed E-state index contributed by atoms with van der Waals surface area (Å²) in [5.41, 5.74) is 2.22. The molecule has 226 valence electrons. The number of alkyl halides is 6. The average Bonchev–Trinajstić information content (AvgIpc) is 3.33. The number of rotatable bonds is 8. The zero-order valence-corrected chi connectivity index (χ0v) is 22.0. The first-order valence-electron chi connectivity index (χ1n) is 12.8. The minimum Gasteiger partial charge on any atom is -0.384 e. The van der Waals surface area contributed by atoms with E-state index in [1.54, 1.807) is 18.2 Å². The van der Waals surface area contributed by atoms with Gasteiger partial charge >= 0.3 is 0 Å². The molecule has 1 atom stereocenters. The van der Waals surface area contributed by atoms with Crippen LogP contribution >= 0.6 is 0 Å². The highest BCUT2D eigenvalue weighted by Gasteiger charge is 2.55. The maximum atomic E-state index is 14.8. The molecule has 0 bridgehead atoms. The van der Waals surface area contributed by atoms with Crippen LogP contribution in [0, 0.1) is 11.6 Å². The van der Waals surface area contributed by atoms with Crippen LogP contribution in [-0.2, 0) is 29.6 Å². The van der Waals surface area contributed by atoms with E-state index in [0.29, 0.717) is 17.2 Å². The highest BCUT2D eigenvalue weighted by atomic mass is 19.3. The van der Waals surface area contributed by atoms with Gasteiger partial charge in [0.2, 0.25) is 5.91 Å². The SMILES string of the molecule is Nc1ccc(-c2cccnc2C(Cc2cc(F)cc(F)c2)NC(=O)Cn2nc(C(F)F)c3c2C(F)(F)CCC3(F)F)cn1. The van der Waals surface area contributed by atoms with Crippen LogP contribution in [0.2, 0.25) is 0 Å². The molecule has 7 nitrogen and oxygen atoms in total. The molecule has 3 N–H and O–H groups in total. The summed E-state index contributed by atoms with van der Waals surface area (Å²) in [5, 5.41) is 5.81. The summed E-state index contributed by atoms with van der Waals surface area (Å²) in [7, 11) is 0. The maximum absolute atomic E-state index is 14.8. The van der Waals surface area contributed by atoms with Crippen molar-refractivity contribution in [3.63, 3.8) is 0 Å². The Morgan fingerprint density at radius 3 is 2.33 bits per heavy atom. The monoisotopic (exact) mass is 610 g/mol. The summed E-state index contributed by atoms with van der Waals surface area (Å²) in [5.74, 6) is -10.7. The number of fused-ring (bicyclic) bond motifs is 1. The molecule has 1 unspecified atom stereocenters. The van der Waals surface area contributed by atoms with Crippen LogP contribution in [0.5, 0.6) is 0 Å². The van der Waals surface area contributed by atoms with E-state index in [1.165, 1.54) is 18.5 Å². The molecule has 1 aliphatic rings. The highest BCUT2D eigenvalue weighted by Crippen LogP contribution is 2.52. The van der Waals surface area contributed by atoms with Crippen molar-refractivity contribution in [1.82, 2.24) is 25.1 Å². The molecule has 43 heavy (non-hydrogen) atoms. The van der Waals surface area contributed by atoms with Crippen LogP contribution in [-0.4, -0.2) is 25.7 Å². The van der Waals surface area contributed by atoms with Crippen molar-refractivity contribution in [1.29, 1.82) is 0 Å². The zero-order valence-electron chi connectivity index (χ0n) is 22.0. The van der Waals surface area contributed by atoms with Crippen LogP contribution in [0.15, 0.2) is 54.9 Å². The molecule has 0 aliphatic heterocycles. The Morgan fingerprint density at radius 1 is 0.977 bits per heavy atom. The second-order valence-electron chi connectivity index (χ2n) is 9.99. The molecule has 0 saturated carbocycles. The molecule has 0 radical (unpaired) electrons. The third-order valence-electron chi connectivity index (χ3n) is 6.91. The van der Waals surface area contributed by atoms with Gasteiger partial charge in [-0.15, -0.1) is 0 Å². The van der Waals surface area contributed by atoms with Gasteiger partial charge in [-0.2, -0.15) is 13.9 Å². The van der Waals surface area contributed by atoms with Gasteiger partial charge in [0.05, 0.1) is 17.3 Å². The molecular formula is C28H22F8N6O. The number of halogens is 8. The van der Waals surface area contributed by atoms with E-state index in [9.17, 15) is 39.9 Å². The molecule has 1 aromatic carbocycles. The van der Waals surface area contributed by atoms with Crippen molar-refractivity contribution in [2.75, 3.05) is 5.73 Å². The number of nitrogens with one attached hydrogen (secondary N) is 1. The predicted molar refractivity (Wildman–Crippen MR) is 137 cm³/mol. The van der Waals surface area contributed by atoms with E-state index in [2.05, 4.69) is 20.4 Å². The minimum absolute atomic E-state index is 0.0810. The summed E-state index contributed by atoms with van der Waals surface area (Å²) in [6.07, 6.45) is -3.81. The summed E-state index contributed by atoms with van der Waals surface area (Å²) in [6.45, 7) is -1.14. The van der Waals surface area contributed by atoms with E-state index in [1.807, 2.05) is 0 Å². The lowest BCUT2D eigenvalue weighted by molar-refractivity contribution is -0.123. The quantitative estimate of drug-likeness (QED) is 0.231. The van der Waals surface area contributed by atoms with Gasteiger partial charge in [-0.3, -0.25) is 14.5 Å². The van der Waals surface area contributed by atoms with Crippen molar-refractivity contribution in [3.8, 4) is 11.1 Å². The first-order valence-corrected chi connectivity index (χ1v) is 12.8. The Morgan fingerprint density at radius 2 is 1.67 bits per heavy atom. The Labute approximate surface area is 238 Å². The fourth-order valence-electron chi connectivity index (χ4n) is 5.10. The number of nitrogen functional groups attached to an aromatic ring is 1. The number of anilines is 1. The molecule has 0 saturated heterocycles. The van der Waals surface area contributed by atoms with Gasteiger partial charge in [-0.25, -0.2) is 31.3 Å². The number of carbonyl (C=O) groups is 1. The van der Waals surface area contributed by atoms with Crippen LogP contribution in [0.3, 0.4) is 0 Å². The highest BCUT2D eigenvalue weighted by molar-refractivity contribution is 5.77. The van der Waals surface area contributed by atoms with Crippen molar-refractivity contribution in [2.45, 2.75) is 50.1 Å². The van der Waals surface area contributed by atoms with Crippen molar-refractivity contribution >= 4 is 11.7 Å². The van der Waals surface area contributed by atoms with E-state index in [4.69, 9.17) is 5.73 Å². The lowest BCUT2D eigenvalue weighted by Crippen LogP contribution is -2.37. The summed E-state index contributed by atoms with van der Waals surface area (Å²) < 4.78 is 114. The van der Waals surface area contributed by atoms with Crippen LogP contribution in [0.4, 0.5) is 40.9 Å². The average molecular weight is 611 g/mol. The molecule has 0 fully saturated rings. The Hall–Kier alpha value is -4.56. The zero-order chi connectivity index (χ0) is 31.1. The third kappa shape index (κ3) is 6.15. The van der Waals surface area contributed by atoms with Crippen LogP contribution in [0.25, 0.3) is 11.1 Å². The number of hydrogen-bond donors (Lipinski definition) is 2. The van der Waals surface area contributed by atoms with Gasteiger partial charge in [-0.05, 0) is 42.3 Å². The van der Waals surface area contributed by atoms with Gasteiger partial charge in [0.15, 0.2) is 0 Å². The fraction of sp³-hybridized carbons (Fsp3) is 0.286. The summed E-state index contributed by atoms with van der Waals surface area (Å²) in [6, 6.07) is 7.77. The molecular weight excluding hydrogens is 588 g/mol. The Bertz CT molecular complexity index is 1640. The van der Waals surface area contributed by atoms with E-state index in [0.717, 1.165) is 12.1 Å². The smallest absolute Gasteiger partial charge is 0.290 e. The maximum Gasteiger partial charge on any atom is 0.290 e. The lowest BCUT2D eigenvalue weighted by Gasteiger charge is -2.29. The van der Waals surface area contributed by atoms with Crippen LogP contribution < -0.4 is 11.1 Å². The number of amides is 1. The number of aromatic nitrogens is 4. The number of pyridine rings is 2. The largest absolute Gasteiger partial charge is 0.384 e. The first kappa shape index (κ1) is 29.9. The summed E-state index contributed by atoms with van der Waals surface area (Å²) in [4.78, 5) is 21.6. The topological polar surface area (TPSA) is 98.7 Å². The molecule has 3 heterocycles. The number of nitrogens with zero attached hydrogens (tertiary/aromatic N) is 4. The van der Waals surface area contributed by atoms with Crippen molar-refractivity contribution in [2.24, 2.45) is 0 Å². The number of benzene rings is 1. The van der Waals surface area contributed by atoms with Gasteiger partial charge in [0, 0.05) is 42.4 Å². The normalized spacial score (nSPS) is 16.1. The Kier molecular flexibility index (Phi) is 7.84. The molecule has 1 amide bonds. The molecule has 0 spiro atoms. The van der Waals surface area contributed by atoms with E-state index in [-0.39, 0.29) is 28.2 Å². The van der Waals surface area contributed by atoms with E-state index < -0.39 is 78.2 Å². The predicted octanol–water partition coefficient (Wildman–Crippen LogP) is 6.22. The number of carbonyl (C=O) groups excluding carboxylic acids is 1. The second-order valence-corrected chi connectivity index (χ2v) is 9.99. The fourth-order valence-corrected chi connectivity index (χ4v) is 5.10. The van der Waals surface area contributed by atoms with Crippen LogP contribution in [0.1, 0.15) is 53.5 Å². The number of hydrogen-bond acceptors (Lipinski definition) is 5. The Balaban J connectivity index is 1.54. The third-order valence-corrected chi connectivity index (χ3v) is 6.91.